The van der Waals surface area contributed by atoms with E-state index in [0.29, 0.717) is 17.7 Å². The fourth-order valence-electron chi connectivity index (χ4n) is 3.27. The first-order valence-corrected chi connectivity index (χ1v) is 11.5. The molecule has 1 N–H and O–H groups in total. The lowest BCUT2D eigenvalue weighted by molar-refractivity contribution is -0.384. The number of nitro benzene ring substituents is 1. The second kappa shape index (κ2) is 12.7. The van der Waals surface area contributed by atoms with Crippen LogP contribution in [0.15, 0.2) is 48.5 Å². The normalized spacial score (nSPS) is 11.9. The van der Waals surface area contributed by atoms with Crippen LogP contribution in [0, 0.1) is 22.0 Å². The lowest BCUT2D eigenvalue weighted by Crippen LogP contribution is -2.30. The van der Waals surface area contributed by atoms with E-state index in [2.05, 4.69) is 5.32 Å². The zero-order chi connectivity index (χ0) is 26.9. The molecule has 0 unspecified atom stereocenters. The number of benzene rings is 2. The molecule has 0 radical (unpaired) electrons. The Balaban J connectivity index is 1.89. The van der Waals surface area contributed by atoms with Crippen molar-refractivity contribution >= 4 is 29.4 Å². The molecule has 10 heteroatoms. The third-order valence-electron chi connectivity index (χ3n) is 4.79. The summed E-state index contributed by atoms with van der Waals surface area (Å²) >= 11 is 0. The van der Waals surface area contributed by atoms with Crippen molar-refractivity contribution in [3.63, 3.8) is 0 Å². The molecule has 0 aromatic heterocycles. The summed E-state index contributed by atoms with van der Waals surface area (Å²) in [7, 11) is 0. The Hall–Kier alpha value is -3.95. The number of nitrogens with zero attached hydrogens (tertiary/aromatic N) is 1. The Morgan fingerprint density at radius 2 is 1.61 bits per heavy atom. The molecule has 0 heterocycles. The van der Waals surface area contributed by atoms with Crippen molar-refractivity contribution in [1.29, 1.82) is 0 Å². The number of esters is 1. The molecule has 0 aliphatic carbocycles. The van der Waals surface area contributed by atoms with Gasteiger partial charge in [-0.1, -0.05) is 26.0 Å². The lowest BCUT2D eigenvalue weighted by atomic mass is 9.93. The molecule has 10 nitrogen and oxygen atoms in total. The number of hydrogen-bond donors (Lipinski definition) is 1. The van der Waals surface area contributed by atoms with Gasteiger partial charge in [-0.2, -0.15) is 0 Å². The predicted molar refractivity (Wildman–Crippen MR) is 132 cm³/mol. The first kappa shape index (κ1) is 28.3. The average Bonchev–Trinajstić information content (AvgIpc) is 2.77. The Morgan fingerprint density at radius 1 is 1.00 bits per heavy atom. The van der Waals surface area contributed by atoms with Crippen LogP contribution in [0.25, 0.3) is 0 Å². The zero-order valence-corrected chi connectivity index (χ0v) is 21.1. The third-order valence-corrected chi connectivity index (χ3v) is 4.79. The third kappa shape index (κ3) is 10.1. The Bertz CT molecular complexity index is 1060. The van der Waals surface area contributed by atoms with Crippen molar-refractivity contribution in [3.05, 3.63) is 64.2 Å². The van der Waals surface area contributed by atoms with Crippen molar-refractivity contribution < 1.29 is 33.5 Å². The summed E-state index contributed by atoms with van der Waals surface area (Å²) in [6, 6.07) is 11.7. The molecule has 0 aliphatic heterocycles. The molecule has 1 atom stereocenters. The van der Waals surface area contributed by atoms with Crippen molar-refractivity contribution in [1.82, 2.24) is 0 Å². The highest BCUT2D eigenvalue weighted by molar-refractivity contribution is 5.94. The zero-order valence-electron chi connectivity index (χ0n) is 21.1. The number of hydrogen-bond acceptors (Lipinski definition) is 8. The molecule has 0 fully saturated rings. The van der Waals surface area contributed by atoms with Crippen LogP contribution in [0.1, 0.15) is 53.0 Å². The van der Waals surface area contributed by atoms with Crippen molar-refractivity contribution in [2.24, 2.45) is 11.8 Å². The molecule has 2 aromatic rings. The highest BCUT2D eigenvalue weighted by atomic mass is 16.7. The van der Waals surface area contributed by atoms with Gasteiger partial charge >= 0.3 is 12.1 Å². The van der Waals surface area contributed by atoms with Crippen LogP contribution < -0.4 is 10.1 Å². The van der Waals surface area contributed by atoms with Gasteiger partial charge in [0, 0.05) is 23.7 Å². The molecular formula is C26H32N2O8. The number of nitro groups is 1. The lowest BCUT2D eigenvalue weighted by Gasteiger charge is -2.23. The molecule has 0 saturated heterocycles. The number of amides is 1. The topological polar surface area (TPSA) is 134 Å². The highest BCUT2D eigenvalue weighted by Gasteiger charge is 2.26. The molecule has 2 rings (SSSR count). The van der Waals surface area contributed by atoms with Gasteiger partial charge < -0.3 is 19.5 Å². The molecule has 0 aliphatic rings. The van der Waals surface area contributed by atoms with Crippen molar-refractivity contribution in [3.8, 4) is 5.75 Å². The monoisotopic (exact) mass is 500 g/mol. The van der Waals surface area contributed by atoms with E-state index in [-0.39, 0.29) is 36.3 Å². The van der Waals surface area contributed by atoms with E-state index in [1.165, 1.54) is 24.3 Å². The van der Waals surface area contributed by atoms with Gasteiger partial charge in [-0.3, -0.25) is 19.7 Å². The van der Waals surface area contributed by atoms with Crippen LogP contribution in [-0.4, -0.2) is 28.6 Å². The number of rotatable bonds is 10. The van der Waals surface area contributed by atoms with Crippen LogP contribution in [0.5, 0.6) is 5.75 Å². The number of anilines is 1. The summed E-state index contributed by atoms with van der Waals surface area (Å²) in [5.41, 5.74) is 0.446. The number of ether oxygens (including phenoxy) is 3. The number of nitrogens with one attached hydrogen (secondary N) is 1. The SMILES string of the molecule is CC(C)C[C@H](CC(=O)OC(C)(C)C)C(=O)Nc1ccc(COC(=O)Oc2ccc([N+](=O)[O-])cc2)cc1. The minimum Gasteiger partial charge on any atom is -0.460 e. The summed E-state index contributed by atoms with van der Waals surface area (Å²) in [4.78, 5) is 47.1. The fraction of sp³-hybridized carbons (Fsp3) is 0.423. The number of carbonyl (C=O) groups excluding carboxylic acids is 3. The van der Waals surface area contributed by atoms with Crippen molar-refractivity contribution in [2.75, 3.05) is 5.32 Å². The minimum atomic E-state index is -0.958. The van der Waals surface area contributed by atoms with Crippen molar-refractivity contribution in [2.45, 2.75) is 59.7 Å². The molecule has 0 saturated carbocycles. The maximum atomic E-state index is 12.8. The quantitative estimate of drug-likeness (QED) is 0.192. The van der Waals surface area contributed by atoms with E-state index in [4.69, 9.17) is 14.2 Å². The highest BCUT2D eigenvalue weighted by Crippen LogP contribution is 2.22. The first-order valence-electron chi connectivity index (χ1n) is 11.5. The molecule has 0 bridgehead atoms. The predicted octanol–water partition coefficient (Wildman–Crippen LogP) is 5.64. The standard InChI is InChI=1S/C26H32N2O8/c1-17(2)14-19(15-23(29)36-26(3,4)5)24(30)27-20-8-6-18(7-9-20)16-34-25(31)35-22-12-10-21(11-13-22)28(32)33/h6-13,17,19H,14-16H2,1-5H3,(H,27,30)/t19-/m1/s1. The largest absolute Gasteiger partial charge is 0.514 e. The maximum absolute atomic E-state index is 12.8. The summed E-state index contributed by atoms with van der Waals surface area (Å²) in [5, 5.41) is 13.5. The van der Waals surface area contributed by atoms with Gasteiger partial charge in [0.25, 0.3) is 5.69 Å². The van der Waals surface area contributed by atoms with E-state index < -0.39 is 28.6 Å². The average molecular weight is 501 g/mol. The summed E-state index contributed by atoms with van der Waals surface area (Å²) in [5.74, 6) is -0.891. The molecule has 2 aromatic carbocycles. The van der Waals surface area contributed by atoms with E-state index in [1.807, 2.05) is 13.8 Å². The van der Waals surface area contributed by atoms with Crippen LogP contribution in [0.2, 0.25) is 0 Å². The molecule has 1 amide bonds. The Labute approximate surface area is 210 Å². The number of non-ortho nitro benzene ring substituents is 1. The second-order valence-corrected chi connectivity index (χ2v) is 9.69. The summed E-state index contributed by atoms with van der Waals surface area (Å²) in [6.07, 6.45) is -0.433. The van der Waals surface area contributed by atoms with E-state index in [0.717, 1.165) is 0 Å². The van der Waals surface area contributed by atoms with Gasteiger partial charge in [-0.05, 0) is 62.9 Å². The number of carbonyl (C=O) groups is 3. The first-order chi connectivity index (χ1) is 16.8. The van der Waals surface area contributed by atoms with Gasteiger partial charge in [-0.25, -0.2) is 4.79 Å². The van der Waals surface area contributed by atoms with Gasteiger partial charge in [-0.15, -0.1) is 0 Å². The van der Waals surface area contributed by atoms with Gasteiger partial charge in [0.2, 0.25) is 5.91 Å². The van der Waals surface area contributed by atoms with Crippen LogP contribution >= 0.6 is 0 Å². The fourth-order valence-corrected chi connectivity index (χ4v) is 3.27. The Kier molecular flexibility index (Phi) is 9.95. The van der Waals surface area contributed by atoms with Crippen LogP contribution in [0.3, 0.4) is 0 Å². The van der Waals surface area contributed by atoms with Crippen LogP contribution in [0.4, 0.5) is 16.2 Å². The summed E-state index contributed by atoms with van der Waals surface area (Å²) in [6.45, 7) is 9.23. The van der Waals surface area contributed by atoms with E-state index >= 15 is 0 Å². The van der Waals surface area contributed by atoms with Gasteiger partial charge in [0.05, 0.1) is 11.3 Å². The van der Waals surface area contributed by atoms with E-state index in [9.17, 15) is 24.5 Å². The molecule has 36 heavy (non-hydrogen) atoms. The van der Waals surface area contributed by atoms with Gasteiger partial charge in [0.1, 0.15) is 18.0 Å². The molecule has 0 spiro atoms. The molecular weight excluding hydrogens is 468 g/mol. The van der Waals surface area contributed by atoms with Gasteiger partial charge in [0.15, 0.2) is 0 Å². The smallest absolute Gasteiger partial charge is 0.460 e. The maximum Gasteiger partial charge on any atom is 0.514 e. The summed E-state index contributed by atoms with van der Waals surface area (Å²) < 4.78 is 15.4. The Morgan fingerprint density at radius 3 is 2.14 bits per heavy atom. The second-order valence-electron chi connectivity index (χ2n) is 9.69. The van der Waals surface area contributed by atoms with E-state index in [1.54, 1.807) is 45.0 Å². The minimum absolute atomic E-state index is 0.00984. The van der Waals surface area contributed by atoms with Crippen LogP contribution in [-0.2, 0) is 25.7 Å². The molecule has 194 valence electrons.